The van der Waals surface area contributed by atoms with Gasteiger partial charge in [-0.05, 0) is 51.3 Å². The van der Waals surface area contributed by atoms with Crippen LogP contribution in [0.2, 0.25) is 0 Å². The van der Waals surface area contributed by atoms with Gasteiger partial charge in [-0.3, -0.25) is 4.79 Å². The van der Waals surface area contributed by atoms with Crippen molar-refractivity contribution in [3.05, 3.63) is 55.7 Å². The zero-order valence-electron chi connectivity index (χ0n) is 10.1. The van der Waals surface area contributed by atoms with Gasteiger partial charge in [0.2, 0.25) is 0 Å². The fourth-order valence-corrected chi connectivity index (χ4v) is 3.45. The van der Waals surface area contributed by atoms with Gasteiger partial charge in [0, 0.05) is 10.4 Å². The smallest absolute Gasteiger partial charge is 0.251 e. The monoisotopic (exact) mass is 337 g/mol. The molecule has 0 radical (unpaired) electrons. The number of hydrogen-bond donors (Lipinski definition) is 1. The van der Waals surface area contributed by atoms with Gasteiger partial charge in [0.1, 0.15) is 0 Å². The summed E-state index contributed by atoms with van der Waals surface area (Å²) in [4.78, 5) is 13.2. The van der Waals surface area contributed by atoms with Crippen LogP contribution in [0, 0.1) is 0 Å². The first-order chi connectivity index (χ1) is 9.22. The molecule has 98 valence electrons. The van der Waals surface area contributed by atoms with E-state index in [4.69, 9.17) is 4.74 Å². The topological polar surface area (TPSA) is 38.3 Å². The standard InChI is InChI=1S/C14H12BrNO2S/c15-13-4-3-12(19-13)6-16-14(17)9-1-2-10-7-18-8-11(10)5-9/h1-5H,6-8H2,(H,16,17). The van der Waals surface area contributed by atoms with Crippen LogP contribution in [-0.2, 0) is 24.5 Å². The molecule has 1 aromatic carbocycles. The molecule has 2 aromatic rings. The Morgan fingerprint density at radius 2 is 2.11 bits per heavy atom. The molecule has 3 rings (SSSR count). The Morgan fingerprint density at radius 3 is 2.89 bits per heavy atom. The fourth-order valence-electron chi connectivity index (χ4n) is 2.03. The van der Waals surface area contributed by atoms with Crippen LogP contribution in [0.15, 0.2) is 34.1 Å². The Bertz CT molecular complexity index is 624. The molecule has 0 atom stereocenters. The Morgan fingerprint density at radius 1 is 1.26 bits per heavy atom. The number of hydrogen-bond acceptors (Lipinski definition) is 3. The number of benzene rings is 1. The van der Waals surface area contributed by atoms with Crippen molar-refractivity contribution in [3.8, 4) is 0 Å². The normalized spacial score (nSPS) is 13.3. The molecule has 5 heteroatoms. The molecule has 1 N–H and O–H groups in total. The Balaban J connectivity index is 1.67. The number of carbonyl (C=O) groups excluding carboxylic acids is 1. The molecule has 1 aromatic heterocycles. The van der Waals surface area contributed by atoms with Crippen molar-refractivity contribution in [3.63, 3.8) is 0 Å². The van der Waals surface area contributed by atoms with Crippen LogP contribution < -0.4 is 5.32 Å². The lowest BCUT2D eigenvalue weighted by Crippen LogP contribution is -2.22. The predicted octanol–water partition coefficient (Wildman–Crippen LogP) is 3.47. The van der Waals surface area contributed by atoms with E-state index in [2.05, 4.69) is 21.2 Å². The highest BCUT2D eigenvalue weighted by Gasteiger charge is 2.14. The molecule has 0 saturated heterocycles. The van der Waals surface area contributed by atoms with E-state index in [0.717, 1.165) is 14.2 Å². The summed E-state index contributed by atoms with van der Waals surface area (Å²) in [6, 6.07) is 9.73. The Kier molecular flexibility index (Phi) is 3.68. The number of thiophene rings is 1. The van der Waals surface area contributed by atoms with E-state index in [0.29, 0.717) is 25.3 Å². The van der Waals surface area contributed by atoms with Crippen molar-refractivity contribution in [1.82, 2.24) is 5.32 Å². The summed E-state index contributed by atoms with van der Waals surface area (Å²) >= 11 is 5.04. The summed E-state index contributed by atoms with van der Waals surface area (Å²) in [7, 11) is 0. The number of fused-ring (bicyclic) bond motifs is 1. The maximum atomic E-state index is 12.1. The van der Waals surface area contributed by atoms with E-state index in [9.17, 15) is 4.79 Å². The highest BCUT2D eigenvalue weighted by atomic mass is 79.9. The first kappa shape index (κ1) is 12.8. The van der Waals surface area contributed by atoms with Crippen LogP contribution >= 0.6 is 27.3 Å². The molecule has 2 heterocycles. The maximum Gasteiger partial charge on any atom is 0.251 e. The second-order valence-electron chi connectivity index (χ2n) is 4.36. The number of carbonyl (C=O) groups is 1. The number of nitrogens with one attached hydrogen (secondary N) is 1. The van der Waals surface area contributed by atoms with Crippen LogP contribution in [-0.4, -0.2) is 5.91 Å². The first-order valence-corrected chi connectivity index (χ1v) is 7.55. The first-order valence-electron chi connectivity index (χ1n) is 5.94. The lowest BCUT2D eigenvalue weighted by atomic mass is 10.1. The summed E-state index contributed by atoms with van der Waals surface area (Å²) in [6.45, 7) is 1.82. The number of halogens is 1. The van der Waals surface area contributed by atoms with E-state index in [1.165, 1.54) is 5.56 Å². The fraction of sp³-hybridized carbons (Fsp3) is 0.214. The average Bonchev–Trinajstić information content (AvgIpc) is 3.03. The van der Waals surface area contributed by atoms with E-state index in [1.807, 2.05) is 30.3 Å². The summed E-state index contributed by atoms with van der Waals surface area (Å²) < 4.78 is 6.42. The largest absolute Gasteiger partial charge is 0.372 e. The van der Waals surface area contributed by atoms with Crippen molar-refractivity contribution >= 4 is 33.2 Å². The van der Waals surface area contributed by atoms with Crippen molar-refractivity contribution in [2.75, 3.05) is 0 Å². The van der Waals surface area contributed by atoms with Gasteiger partial charge < -0.3 is 10.1 Å². The van der Waals surface area contributed by atoms with Crippen LogP contribution in [0.25, 0.3) is 0 Å². The molecule has 0 fully saturated rings. The Labute approximate surface area is 123 Å². The number of ether oxygens (including phenoxy) is 1. The molecular weight excluding hydrogens is 326 g/mol. The van der Waals surface area contributed by atoms with Crippen LogP contribution in [0.4, 0.5) is 0 Å². The van der Waals surface area contributed by atoms with Crippen molar-refractivity contribution < 1.29 is 9.53 Å². The second-order valence-corrected chi connectivity index (χ2v) is 6.91. The molecular formula is C14H12BrNO2S. The SMILES string of the molecule is O=C(NCc1ccc(Br)s1)c1ccc2c(c1)COC2. The van der Waals surface area contributed by atoms with Crippen molar-refractivity contribution in [2.45, 2.75) is 19.8 Å². The molecule has 0 spiro atoms. The lowest BCUT2D eigenvalue weighted by molar-refractivity contribution is 0.0951. The highest BCUT2D eigenvalue weighted by Crippen LogP contribution is 2.23. The van der Waals surface area contributed by atoms with Gasteiger partial charge in [-0.1, -0.05) is 6.07 Å². The molecule has 19 heavy (non-hydrogen) atoms. The Hall–Kier alpha value is -1.17. The average molecular weight is 338 g/mol. The van der Waals surface area contributed by atoms with E-state index in [1.54, 1.807) is 11.3 Å². The van der Waals surface area contributed by atoms with Gasteiger partial charge >= 0.3 is 0 Å². The van der Waals surface area contributed by atoms with E-state index < -0.39 is 0 Å². The summed E-state index contributed by atoms with van der Waals surface area (Å²) in [5, 5.41) is 2.93. The third kappa shape index (κ3) is 2.88. The summed E-state index contributed by atoms with van der Waals surface area (Å²) in [6.07, 6.45) is 0. The van der Waals surface area contributed by atoms with Crippen molar-refractivity contribution in [2.24, 2.45) is 0 Å². The van der Waals surface area contributed by atoms with Crippen molar-refractivity contribution in [1.29, 1.82) is 0 Å². The van der Waals surface area contributed by atoms with Gasteiger partial charge in [0.15, 0.2) is 0 Å². The van der Waals surface area contributed by atoms with Crippen LogP contribution in [0.5, 0.6) is 0 Å². The van der Waals surface area contributed by atoms with Gasteiger partial charge in [-0.25, -0.2) is 0 Å². The van der Waals surface area contributed by atoms with E-state index >= 15 is 0 Å². The molecule has 1 aliphatic rings. The quantitative estimate of drug-likeness (QED) is 0.931. The summed E-state index contributed by atoms with van der Waals surface area (Å²) in [5.41, 5.74) is 2.99. The lowest BCUT2D eigenvalue weighted by Gasteiger charge is -2.05. The molecule has 1 amide bonds. The minimum atomic E-state index is -0.0424. The zero-order chi connectivity index (χ0) is 13.2. The van der Waals surface area contributed by atoms with Gasteiger partial charge in [-0.15, -0.1) is 11.3 Å². The van der Waals surface area contributed by atoms with Gasteiger partial charge in [0.25, 0.3) is 5.91 Å². The molecule has 3 nitrogen and oxygen atoms in total. The molecule has 0 aliphatic carbocycles. The minimum absolute atomic E-state index is 0.0424. The molecule has 0 unspecified atom stereocenters. The second kappa shape index (κ2) is 5.45. The number of amides is 1. The third-order valence-corrected chi connectivity index (χ3v) is 4.66. The van der Waals surface area contributed by atoms with Crippen LogP contribution in [0.3, 0.4) is 0 Å². The molecule has 0 saturated carbocycles. The highest BCUT2D eigenvalue weighted by molar-refractivity contribution is 9.11. The number of rotatable bonds is 3. The minimum Gasteiger partial charge on any atom is -0.372 e. The molecule has 1 aliphatic heterocycles. The zero-order valence-corrected chi connectivity index (χ0v) is 12.5. The van der Waals surface area contributed by atoms with E-state index in [-0.39, 0.29) is 5.91 Å². The summed E-state index contributed by atoms with van der Waals surface area (Å²) in [5.74, 6) is -0.0424. The maximum absolute atomic E-state index is 12.1. The molecule has 0 bridgehead atoms. The van der Waals surface area contributed by atoms with Gasteiger partial charge in [-0.2, -0.15) is 0 Å². The third-order valence-electron chi connectivity index (χ3n) is 3.04. The van der Waals surface area contributed by atoms with Crippen LogP contribution in [0.1, 0.15) is 26.4 Å². The predicted molar refractivity (Wildman–Crippen MR) is 78.1 cm³/mol. The van der Waals surface area contributed by atoms with Gasteiger partial charge in [0.05, 0.1) is 23.5 Å².